The summed E-state index contributed by atoms with van der Waals surface area (Å²) in [5.41, 5.74) is 1.47. The zero-order valence-corrected chi connectivity index (χ0v) is 18.1. The van der Waals surface area contributed by atoms with E-state index >= 15 is 0 Å². The summed E-state index contributed by atoms with van der Waals surface area (Å²) in [5.74, 6) is 0.391. The molecule has 5 heteroatoms. The molecule has 1 aliphatic rings. The van der Waals surface area contributed by atoms with Gasteiger partial charge in [0.05, 0.1) is 5.56 Å². The molecule has 0 radical (unpaired) electrons. The number of carbonyl (C=O) groups excluding carboxylic acids is 1. The number of hydrogen-bond donors (Lipinski definition) is 0. The van der Waals surface area contributed by atoms with Crippen LogP contribution in [0.1, 0.15) is 34.7 Å². The molecule has 0 spiro atoms. The van der Waals surface area contributed by atoms with E-state index in [-0.39, 0.29) is 0 Å². The Bertz CT molecular complexity index is 1390. The summed E-state index contributed by atoms with van der Waals surface area (Å²) < 4.78 is 2.30. The molecule has 0 bridgehead atoms. The fourth-order valence-corrected chi connectivity index (χ4v) is 4.45. The minimum Gasteiger partial charge on any atom is -0.299 e. The van der Waals surface area contributed by atoms with Gasteiger partial charge < -0.3 is 0 Å². The molecular weight excluding hydrogens is 412 g/mol. The summed E-state index contributed by atoms with van der Waals surface area (Å²) in [6.07, 6.45) is 3.51. The molecule has 1 fully saturated rings. The third-order valence-electron chi connectivity index (χ3n) is 6.36. The molecule has 4 aromatic rings. The molecule has 1 aromatic heterocycles. The topological polar surface area (TPSA) is 61.1 Å². The Labute approximate surface area is 191 Å². The van der Waals surface area contributed by atoms with E-state index in [9.17, 15) is 14.4 Å². The third kappa shape index (κ3) is 4.22. The van der Waals surface area contributed by atoms with E-state index in [1.54, 1.807) is 36.5 Å². The molecule has 0 amide bonds. The van der Waals surface area contributed by atoms with Crippen LogP contribution in [-0.4, -0.2) is 15.0 Å². The van der Waals surface area contributed by atoms with Gasteiger partial charge in [-0.05, 0) is 47.9 Å². The van der Waals surface area contributed by atoms with Crippen molar-refractivity contribution in [2.24, 2.45) is 5.92 Å². The third-order valence-corrected chi connectivity index (χ3v) is 6.36. The molecule has 0 aliphatic heterocycles. The quantitative estimate of drug-likeness (QED) is 0.445. The van der Waals surface area contributed by atoms with Crippen LogP contribution in [0.15, 0.2) is 107 Å². The molecule has 5 rings (SSSR count). The van der Waals surface area contributed by atoms with Gasteiger partial charge in [0.1, 0.15) is 0 Å². The van der Waals surface area contributed by atoms with Gasteiger partial charge in [0.2, 0.25) is 0 Å². The zero-order chi connectivity index (χ0) is 22.8. The van der Waals surface area contributed by atoms with Crippen LogP contribution >= 0.6 is 0 Å². The molecule has 3 aromatic carbocycles. The van der Waals surface area contributed by atoms with E-state index in [2.05, 4.69) is 12.1 Å². The molecule has 1 heterocycles. The maximum atomic E-state index is 13.3. The number of aryl methyl sites for hydroxylation is 1. The second-order valence-electron chi connectivity index (χ2n) is 8.50. The van der Waals surface area contributed by atoms with Crippen LogP contribution in [0.25, 0.3) is 11.1 Å². The highest BCUT2D eigenvalue weighted by molar-refractivity contribution is 5.96. The molecule has 0 N–H and O–H groups in total. The molecule has 2 atom stereocenters. The predicted molar refractivity (Wildman–Crippen MR) is 128 cm³/mol. The minimum absolute atomic E-state index is 0.305. The normalized spacial score (nSPS) is 17.0. The lowest BCUT2D eigenvalue weighted by Gasteiger charge is -2.13. The maximum Gasteiger partial charge on any atom is 0.338 e. The van der Waals surface area contributed by atoms with Crippen LogP contribution in [0.4, 0.5) is 0 Å². The number of benzene rings is 3. The van der Waals surface area contributed by atoms with Gasteiger partial charge in [-0.25, -0.2) is 4.79 Å². The van der Waals surface area contributed by atoms with Gasteiger partial charge in [-0.15, -0.1) is 0 Å². The first-order valence-electron chi connectivity index (χ1n) is 11.2. The summed E-state index contributed by atoms with van der Waals surface area (Å²) in [6, 6.07) is 28.0. The second-order valence-corrected chi connectivity index (χ2v) is 8.50. The number of rotatable bonds is 6. The Hall–Kier alpha value is -3.99. The van der Waals surface area contributed by atoms with Crippen molar-refractivity contribution in [3.05, 3.63) is 129 Å². The Morgan fingerprint density at radius 2 is 1.42 bits per heavy atom. The van der Waals surface area contributed by atoms with Crippen molar-refractivity contribution in [3.8, 4) is 11.1 Å². The number of aromatic nitrogens is 2. The van der Waals surface area contributed by atoms with E-state index in [0.29, 0.717) is 35.1 Å². The van der Waals surface area contributed by atoms with Crippen molar-refractivity contribution in [2.75, 3.05) is 0 Å². The van der Waals surface area contributed by atoms with Crippen molar-refractivity contribution in [1.82, 2.24) is 9.13 Å². The van der Waals surface area contributed by atoms with Gasteiger partial charge >= 0.3 is 5.69 Å². The molecule has 0 saturated heterocycles. The van der Waals surface area contributed by atoms with Gasteiger partial charge in [0.15, 0.2) is 0 Å². The van der Waals surface area contributed by atoms with E-state index in [1.807, 2.05) is 48.5 Å². The standard InChI is InChI=1S/C28H24N2O3/c31-26(22-14-8-3-9-15-22)30-27(32)25(21-12-6-2-7-13-21)19-29(28(30)33)17-16-23-18-24(23)20-10-4-1-5-11-20/h1-15,19,23-24H,16-18H2/t23-,24-/m1/s1. The fourth-order valence-electron chi connectivity index (χ4n) is 4.45. The molecule has 1 saturated carbocycles. The second kappa shape index (κ2) is 8.87. The van der Waals surface area contributed by atoms with Crippen LogP contribution < -0.4 is 11.2 Å². The molecule has 5 nitrogen and oxygen atoms in total. The first kappa shape index (κ1) is 20.9. The van der Waals surface area contributed by atoms with Crippen molar-refractivity contribution in [1.29, 1.82) is 0 Å². The predicted octanol–water partition coefficient (Wildman–Crippen LogP) is 4.56. The van der Waals surface area contributed by atoms with Crippen molar-refractivity contribution in [2.45, 2.75) is 25.3 Å². The summed E-state index contributed by atoms with van der Waals surface area (Å²) in [6.45, 7) is 0.453. The van der Waals surface area contributed by atoms with Crippen LogP contribution in [0.2, 0.25) is 0 Å². The molecule has 1 aliphatic carbocycles. The SMILES string of the molecule is O=C(c1ccccc1)n1c(=O)c(-c2ccccc2)cn(CC[C@@H]2C[C@@H]2c2ccccc2)c1=O. The van der Waals surface area contributed by atoms with E-state index in [0.717, 1.165) is 17.4 Å². The molecule has 33 heavy (non-hydrogen) atoms. The van der Waals surface area contributed by atoms with Crippen LogP contribution in [0.3, 0.4) is 0 Å². The number of nitrogens with zero attached hydrogens (tertiary/aromatic N) is 2. The van der Waals surface area contributed by atoms with Gasteiger partial charge in [-0.3, -0.25) is 14.2 Å². The Kier molecular flexibility index (Phi) is 5.61. The maximum absolute atomic E-state index is 13.3. The van der Waals surface area contributed by atoms with Gasteiger partial charge in [-0.1, -0.05) is 78.9 Å². The van der Waals surface area contributed by atoms with Crippen LogP contribution in [0, 0.1) is 5.92 Å². The van der Waals surface area contributed by atoms with Crippen LogP contribution in [-0.2, 0) is 6.54 Å². The molecular formula is C28H24N2O3. The minimum atomic E-state index is -0.606. The highest BCUT2D eigenvalue weighted by Crippen LogP contribution is 2.49. The van der Waals surface area contributed by atoms with E-state index in [4.69, 9.17) is 0 Å². The first-order chi connectivity index (χ1) is 16.1. The van der Waals surface area contributed by atoms with Crippen molar-refractivity contribution < 1.29 is 4.79 Å². The molecule has 164 valence electrons. The van der Waals surface area contributed by atoms with Crippen LogP contribution in [0.5, 0.6) is 0 Å². The molecule has 0 unspecified atom stereocenters. The zero-order valence-electron chi connectivity index (χ0n) is 18.1. The lowest BCUT2D eigenvalue weighted by atomic mass is 10.1. The van der Waals surface area contributed by atoms with Gasteiger partial charge in [0.25, 0.3) is 11.5 Å². The number of hydrogen-bond acceptors (Lipinski definition) is 3. The number of carbonyl (C=O) groups is 1. The fraction of sp³-hybridized carbons (Fsp3) is 0.179. The van der Waals surface area contributed by atoms with Gasteiger partial charge in [-0.2, -0.15) is 4.57 Å². The first-order valence-corrected chi connectivity index (χ1v) is 11.2. The smallest absolute Gasteiger partial charge is 0.299 e. The Morgan fingerprint density at radius 3 is 2.09 bits per heavy atom. The van der Waals surface area contributed by atoms with Crippen molar-refractivity contribution >= 4 is 5.91 Å². The summed E-state index contributed by atoms with van der Waals surface area (Å²) in [5, 5.41) is 0. The summed E-state index contributed by atoms with van der Waals surface area (Å²) in [7, 11) is 0. The summed E-state index contributed by atoms with van der Waals surface area (Å²) in [4.78, 5) is 39.7. The van der Waals surface area contributed by atoms with Gasteiger partial charge in [0, 0.05) is 18.3 Å². The monoisotopic (exact) mass is 436 g/mol. The van der Waals surface area contributed by atoms with E-state index in [1.165, 1.54) is 10.1 Å². The largest absolute Gasteiger partial charge is 0.338 e. The average Bonchev–Trinajstić information content (AvgIpc) is 3.65. The highest BCUT2D eigenvalue weighted by atomic mass is 16.2. The van der Waals surface area contributed by atoms with E-state index < -0.39 is 17.2 Å². The lowest BCUT2D eigenvalue weighted by Crippen LogP contribution is -2.44. The summed E-state index contributed by atoms with van der Waals surface area (Å²) >= 11 is 0. The highest BCUT2D eigenvalue weighted by Gasteiger charge is 2.37. The average molecular weight is 437 g/mol. The lowest BCUT2D eigenvalue weighted by molar-refractivity contribution is 0.0948. The Balaban J connectivity index is 1.50. The van der Waals surface area contributed by atoms with Crippen molar-refractivity contribution in [3.63, 3.8) is 0 Å². The Morgan fingerprint density at radius 1 is 0.818 bits per heavy atom.